The highest BCUT2D eigenvalue weighted by atomic mass is 35.5. The zero-order valence-electron chi connectivity index (χ0n) is 24.1. The van der Waals surface area contributed by atoms with Gasteiger partial charge in [-0.25, -0.2) is 9.67 Å². The predicted octanol–water partition coefficient (Wildman–Crippen LogP) is 5.49. The summed E-state index contributed by atoms with van der Waals surface area (Å²) in [6.07, 6.45) is 5.18. The Labute approximate surface area is 244 Å². The van der Waals surface area contributed by atoms with Crippen LogP contribution < -0.4 is 4.80 Å². The molecule has 0 unspecified atom stereocenters. The summed E-state index contributed by atoms with van der Waals surface area (Å²) in [5, 5.41) is 11.7. The standard InChI is InChI=1S/C28H39ClN6O4S/c1-18(2)38-25(36)16-34(17-26(37)39-19(3)4)32-21(6)20(5)30-27-33-35(24-14-12-22(29)13-15-24)28(40-27)31-23-10-8-7-9-11-23/h12-15,18-19,23H,7-11,16-17H2,1-6H3/b30-20+,31-28?,32-21-. The summed E-state index contributed by atoms with van der Waals surface area (Å²) in [4.78, 5) is 35.2. The lowest BCUT2D eigenvalue weighted by molar-refractivity contribution is -0.152. The number of halogens is 1. The number of benzene rings is 1. The minimum atomic E-state index is -0.489. The molecule has 3 rings (SSSR count). The second-order valence-electron chi connectivity index (χ2n) is 10.3. The van der Waals surface area contributed by atoms with Crippen LogP contribution in [0.25, 0.3) is 5.69 Å². The molecule has 0 spiro atoms. The van der Waals surface area contributed by atoms with E-state index >= 15 is 0 Å². The molecule has 0 saturated heterocycles. The van der Waals surface area contributed by atoms with Gasteiger partial charge in [0, 0.05) is 5.02 Å². The fraction of sp³-hybridized carbons (Fsp3) is 0.571. The van der Waals surface area contributed by atoms with Crippen LogP contribution in [0.15, 0.2) is 39.4 Å². The van der Waals surface area contributed by atoms with E-state index in [-0.39, 0.29) is 31.3 Å². The molecule has 0 atom stereocenters. The van der Waals surface area contributed by atoms with Crippen LogP contribution in [-0.4, -0.2) is 69.5 Å². The van der Waals surface area contributed by atoms with Gasteiger partial charge in [-0.2, -0.15) is 5.10 Å². The molecule has 1 heterocycles. The van der Waals surface area contributed by atoms with E-state index in [0.29, 0.717) is 21.6 Å². The Morgan fingerprint density at radius 2 is 1.57 bits per heavy atom. The van der Waals surface area contributed by atoms with Crippen LogP contribution >= 0.6 is 22.9 Å². The van der Waals surface area contributed by atoms with E-state index < -0.39 is 11.9 Å². The van der Waals surface area contributed by atoms with Crippen molar-refractivity contribution >= 4 is 51.4 Å². The number of esters is 2. The highest BCUT2D eigenvalue weighted by Gasteiger charge is 2.18. The van der Waals surface area contributed by atoms with Gasteiger partial charge in [-0.1, -0.05) is 42.2 Å². The summed E-state index contributed by atoms with van der Waals surface area (Å²) in [5.41, 5.74) is 1.95. The monoisotopic (exact) mass is 590 g/mol. The lowest BCUT2D eigenvalue weighted by atomic mass is 9.96. The van der Waals surface area contributed by atoms with Crippen molar-refractivity contribution in [3.8, 4) is 5.69 Å². The normalized spacial score (nSPS) is 15.6. The molecular weight excluding hydrogens is 552 g/mol. The van der Waals surface area contributed by atoms with E-state index in [1.54, 1.807) is 39.3 Å². The van der Waals surface area contributed by atoms with E-state index in [2.05, 4.69) is 5.10 Å². The second kappa shape index (κ2) is 15.1. The number of hydrogen-bond donors (Lipinski definition) is 0. The summed E-state index contributed by atoms with van der Waals surface area (Å²) < 4.78 is 12.3. The van der Waals surface area contributed by atoms with E-state index in [1.165, 1.54) is 35.6 Å². The van der Waals surface area contributed by atoms with Gasteiger partial charge in [0.25, 0.3) is 0 Å². The van der Waals surface area contributed by atoms with Gasteiger partial charge < -0.3 is 9.47 Å². The molecular formula is C28H39ClN6O4S. The molecule has 10 nitrogen and oxygen atoms in total. The Hall–Kier alpha value is -3.05. The number of nitrogens with zero attached hydrogens (tertiary/aromatic N) is 6. The first kappa shape index (κ1) is 31.5. The van der Waals surface area contributed by atoms with Crippen molar-refractivity contribution in [3.63, 3.8) is 0 Å². The van der Waals surface area contributed by atoms with Gasteiger partial charge in [-0.15, -0.1) is 5.10 Å². The first-order chi connectivity index (χ1) is 19.0. The van der Waals surface area contributed by atoms with Crippen LogP contribution in [-0.2, 0) is 19.1 Å². The van der Waals surface area contributed by atoms with Crippen molar-refractivity contribution in [2.75, 3.05) is 13.1 Å². The Balaban J connectivity index is 1.91. The van der Waals surface area contributed by atoms with E-state index in [0.717, 1.165) is 23.3 Å². The molecule has 12 heteroatoms. The molecule has 218 valence electrons. The van der Waals surface area contributed by atoms with Crippen molar-refractivity contribution in [2.24, 2.45) is 15.1 Å². The number of hydrogen-bond acceptors (Lipinski definition) is 10. The molecule has 0 aliphatic heterocycles. The van der Waals surface area contributed by atoms with Crippen LogP contribution in [0.2, 0.25) is 5.02 Å². The summed E-state index contributed by atoms with van der Waals surface area (Å²) >= 11 is 7.51. The van der Waals surface area contributed by atoms with E-state index in [1.807, 2.05) is 31.2 Å². The van der Waals surface area contributed by atoms with Gasteiger partial charge in [0.15, 0.2) is 0 Å². The average molecular weight is 591 g/mol. The van der Waals surface area contributed by atoms with E-state index in [9.17, 15) is 9.59 Å². The average Bonchev–Trinajstić information content (AvgIpc) is 3.25. The first-order valence-corrected chi connectivity index (χ1v) is 14.8. The summed E-state index contributed by atoms with van der Waals surface area (Å²) in [6, 6.07) is 7.71. The molecule has 40 heavy (non-hydrogen) atoms. The number of aliphatic imine (C=N–C) groups is 1. The molecule has 1 saturated carbocycles. The number of ether oxygens (including phenoxy) is 2. The van der Waals surface area contributed by atoms with Gasteiger partial charge in [0.2, 0.25) is 9.93 Å². The Morgan fingerprint density at radius 3 is 2.12 bits per heavy atom. The number of carbonyl (C=O) groups is 2. The number of carbonyl (C=O) groups excluding carboxylic acids is 2. The lowest BCUT2D eigenvalue weighted by Crippen LogP contribution is -2.35. The highest BCUT2D eigenvalue weighted by Crippen LogP contribution is 2.22. The molecule has 0 radical (unpaired) electrons. The van der Waals surface area contributed by atoms with Gasteiger partial charge >= 0.3 is 11.9 Å². The van der Waals surface area contributed by atoms with Crippen molar-refractivity contribution in [1.82, 2.24) is 14.8 Å². The Bertz CT molecular complexity index is 1250. The van der Waals surface area contributed by atoms with Crippen molar-refractivity contribution in [3.05, 3.63) is 34.1 Å². The topological polar surface area (TPSA) is 111 Å². The largest absolute Gasteiger partial charge is 0.462 e. The lowest BCUT2D eigenvalue weighted by Gasteiger charge is -2.20. The molecule has 1 fully saturated rings. The molecule has 0 bridgehead atoms. The molecule has 1 aromatic carbocycles. The van der Waals surface area contributed by atoms with Crippen LogP contribution in [0.5, 0.6) is 0 Å². The maximum atomic E-state index is 12.3. The molecule has 1 aromatic heterocycles. The van der Waals surface area contributed by atoms with Crippen molar-refractivity contribution in [2.45, 2.75) is 91.9 Å². The van der Waals surface area contributed by atoms with Crippen LogP contribution in [0.3, 0.4) is 0 Å². The van der Waals surface area contributed by atoms with Gasteiger partial charge in [0.1, 0.15) is 13.1 Å². The number of rotatable bonds is 11. The summed E-state index contributed by atoms with van der Waals surface area (Å²) in [5.74, 6) is -0.979. The van der Waals surface area contributed by atoms with E-state index in [4.69, 9.17) is 36.2 Å². The zero-order chi connectivity index (χ0) is 29.2. The molecule has 0 amide bonds. The third kappa shape index (κ3) is 10.2. The minimum absolute atomic E-state index is 0.200. The maximum Gasteiger partial charge on any atom is 0.327 e. The third-order valence-electron chi connectivity index (χ3n) is 5.92. The summed E-state index contributed by atoms with van der Waals surface area (Å²) in [7, 11) is 0. The van der Waals surface area contributed by atoms with Gasteiger partial charge in [-0.3, -0.25) is 19.6 Å². The van der Waals surface area contributed by atoms with Crippen molar-refractivity contribution in [1.29, 1.82) is 0 Å². The fourth-order valence-corrected chi connectivity index (χ4v) is 5.08. The smallest absolute Gasteiger partial charge is 0.327 e. The fourth-order valence-electron chi connectivity index (χ4n) is 4.05. The molecule has 1 aliphatic rings. The molecule has 0 N–H and O–H groups in total. The van der Waals surface area contributed by atoms with Gasteiger partial charge in [-0.05, 0) is 78.6 Å². The molecule has 2 aromatic rings. The first-order valence-electron chi connectivity index (χ1n) is 13.6. The number of hydrazone groups is 1. The zero-order valence-corrected chi connectivity index (χ0v) is 25.7. The van der Waals surface area contributed by atoms with Gasteiger partial charge in [0.05, 0.1) is 35.4 Å². The van der Waals surface area contributed by atoms with Crippen molar-refractivity contribution < 1.29 is 19.1 Å². The minimum Gasteiger partial charge on any atom is -0.462 e. The van der Waals surface area contributed by atoms with Crippen LogP contribution in [0.1, 0.15) is 73.6 Å². The van der Waals surface area contributed by atoms with Crippen LogP contribution in [0.4, 0.5) is 5.13 Å². The Morgan fingerprint density at radius 1 is 1.00 bits per heavy atom. The second-order valence-corrected chi connectivity index (χ2v) is 11.6. The number of aromatic nitrogens is 2. The maximum absolute atomic E-state index is 12.3. The highest BCUT2D eigenvalue weighted by molar-refractivity contribution is 7.12. The summed E-state index contributed by atoms with van der Waals surface area (Å²) in [6.45, 7) is 10.2. The molecule has 1 aliphatic carbocycles. The quantitative estimate of drug-likeness (QED) is 0.194. The Kier molecular flexibility index (Phi) is 11.9. The predicted molar refractivity (Wildman–Crippen MR) is 159 cm³/mol. The SMILES string of the molecule is CC(=N/N(CC(=O)OC(C)C)CC(=O)OC(C)C)/C(C)=N/c1nn(-c2ccc(Cl)cc2)c(=NC2CCCCC2)s1. The van der Waals surface area contributed by atoms with Crippen LogP contribution in [0, 0.1) is 0 Å². The third-order valence-corrected chi connectivity index (χ3v) is 6.99.